The summed E-state index contributed by atoms with van der Waals surface area (Å²) < 4.78 is 1.17. The number of hydrogen-bond acceptors (Lipinski definition) is 3. The maximum absolute atomic E-state index is 11.0. The van der Waals surface area contributed by atoms with Crippen molar-refractivity contribution in [3.05, 3.63) is 0 Å². The number of halogens is 1. The van der Waals surface area contributed by atoms with E-state index >= 15 is 0 Å². The summed E-state index contributed by atoms with van der Waals surface area (Å²) in [5, 5.41) is -0.135. The van der Waals surface area contributed by atoms with Crippen molar-refractivity contribution in [2.45, 2.75) is 11.7 Å². The van der Waals surface area contributed by atoms with Gasteiger partial charge in [0.25, 0.3) is 5.91 Å². The van der Waals surface area contributed by atoms with Crippen molar-refractivity contribution < 1.29 is 9.59 Å². The van der Waals surface area contributed by atoms with E-state index in [1.165, 1.54) is 14.9 Å². The van der Waals surface area contributed by atoms with Crippen LogP contribution < -0.4 is 0 Å². The highest BCUT2D eigenvalue weighted by Gasteiger charge is 2.36. The summed E-state index contributed by atoms with van der Waals surface area (Å²) >= 11 is 3.17. The van der Waals surface area contributed by atoms with Gasteiger partial charge in [0.2, 0.25) is 5.91 Å². The Morgan fingerprint density at radius 3 is 2.50 bits per heavy atom. The monoisotopic (exact) mass is 271 g/mol. The van der Waals surface area contributed by atoms with Crippen molar-refractivity contribution in [3.63, 3.8) is 0 Å². The van der Waals surface area contributed by atoms with E-state index in [4.69, 9.17) is 0 Å². The molecule has 0 N–H and O–H groups in total. The summed E-state index contributed by atoms with van der Waals surface area (Å²) in [6.45, 7) is 0. The molecule has 0 radical (unpaired) electrons. The van der Waals surface area contributed by atoms with E-state index < -0.39 is 0 Å². The number of rotatable bonds is 1. The summed E-state index contributed by atoms with van der Waals surface area (Å²) in [6.07, 6.45) is 2.20. The molecule has 0 aromatic carbocycles. The molecule has 1 aliphatic rings. The van der Waals surface area contributed by atoms with Crippen LogP contribution in [0.25, 0.3) is 0 Å². The third-order valence-electron chi connectivity index (χ3n) is 1.33. The van der Waals surface area contributed by atoms with Crippen molar-refractivity contribution in [2.75, 3.05) is 6.26 Å². The molecule has 0 aliphatic carbocycles. The normalized spacial score (nSPS) is 26.2. The zero-order valence-corrected chi connectivity index (χ0v) is 8.31. The van der Waals surface area contributed by atoms with Crippen LogP contribution in [0.15, 0.2) is 0 Å². The number of carbonyl (C=O) groups is 2. The predicted octanol–water partition coefficient (Wildman–Crippen LogP) is 0.827. The van der Waals surface area contributed by atoms with Crippen LogP contribution in [0.2, 0.25) is 0 Å². The Morgan fingerprint density at radius 2 is 2.30 bits per heavy atom. The third-order valence-corrected chi connectivity index (χ3v) is 3.28. The Labute approximate surface area is 77.0 Å². The minimum atomic E-state index is -0.135. The maximum atomic E-state index is 11.0. The van der Waals surface area contributed by atoms with Crippen LogP contribution in [0.1, 0.15) is 6.42 Å². The Hall–Kier alpha value is 0.220. The SMILES string of the molecule is CSC1CC(=O)N(I)C1=O. The molecule has 56 valence electrons. The van der Waals surface area contributed by atoms with Gasteiger partial charge in [-0.1, -0.05) is 0 Å². The maximum Gasteiger partial charge on any atom is 0.251 e. The van der Waals surface area contributed by atoms with Gasteiger partial charge in [-0.3, -0.25) is 9.59 Å². The van der Waals surface area contributed by atoms with E-state index in [1.807, 2.05) is 6.26 Å². The molecular formula is C5H6INO2S. The number of thioether (sulfide) groups is 1. The van der Waals surface area contributed by atoms with Crippen molar-refractivity contribution >= 4 is 46.4 Å². The minimum absolute atomic E-state index is 0.0712. The third kappa shape index (κ3) is 1.29. The van der Waals surface area contributed by atoms with Crippen molar-refractivity contribution in [3.8, 4) is 0 Å². The van der Waals surface area contributed by atoms with Gasteiger partial charge >= 0.3 is 0 Å². The molecule has 0 aromatic rings. The lowest BCUT2D eigenvalue weighted by atomic mass is 10.4. The van der Waals surface area contributed by atoms with Gasteiger partial charge in [0.05, 0.1) is 28.1 Å². The lowest BCUT2D eigenvalue weighted by Crippen LogP contribution is -2.20. The standard InChI is InChI=1S/C5H6INO2S/c1-10-3-2-4(8)7(6)5(3)9/h3H,2H2,1H3. The molecule has 0 saturated carbocycles. The number of nitrogens with zero attached hydrogens (tertiary/aromatic N) is 1. The van der Waals surface area contributed by atoms with Crippen LogP contribution >= 0.6 is 34.6 Å². The Kier molecular flexibility index (Phi) is 2.56. The summed E-state index contributed by atoms with van der Waals surface area (Å²) in [5.41, 5.74) is 0. The van der Waals surface area contributed by atoms with Crippen LogP contribution in [0, 0.1) is 0 Å². The average molecular weight is 271 g/mol. The molecule has 1 atom stereocenters. The molecule has 1 saturated heterocycles. The zero-order valence-electron chi connectivity index (χ0n) is 5.33. The van der Waals surface area contributed by atoms with Crippen LogP contribution in [0.4, 0.5) is 0 Å². The zero-order chi connectivity index (χ0) is 7.72. The quantitative estimate of drug-likeness (QED) is 0.402. The number of imide groups is 1. The van der Waals surface area contributed by atoms with Crippen LogP contribution in [-0.2, 0) is 9.59 Å². The highest BCUT2D eigenvalue weighted by atomic mass is 127. The molecule has 2 amide bonds. The largest absolute Gasteiger partial charge is 0.274 e. The fourth-order valence-electron chi connectivity index (χ4n) is 0.760. The Bertz CT molecular complexity index is 184. The number of amides is 2. The summed E-state index contributed by atoms with van der Waals surface area (Å²) in [7, 11) is 0. The first kappa shape index (κ1) is 8.32. The van der Waals surface area contributed by atoms with Crippen molar-refractivity contribution in [1.29, 1.82) is 0 Å². The van der Waals surface area contributed by atoms with Gasteiger partial charge in [0.1, 0.15) is 0 Å². The van der Waals surface area contributed by atoms with Gasteiger partial charge in [0, 0.05) is 6.42 Å². The van der Waals surface area contributed by atoms with Crippen molar-refractivity contribution in [2.24, 2.45) is 0 Å². The lowest BCUT2D eigenvalue weighted by Gasteiger charge is -2.02. The summed E-state index contributed by atoms with van der Waals surface area (Å²) in [6, 6.07) is 0. The fraction of sp³-hybridized carbons (Fsp3) is 0.600. The first-order valence-electron chi connectivity index (χ1n) is 2.72. The molecule has 0 aromatic heterocycles. The van der Waals surface area contributed by atoms with E-state index in [0.717, 1.165) is 0 Å². The van der Waals surface area contributed by atoms with Crippen LogP contribution in [0.3, 0.4) is 0 Å². The van der Waals surface area contributed by atoms with Crippen LogP contribution in [0.5, 0.6) is 0 Å². The predicted molar refractivity (Wildman–Crippen MR) is 47.8 cm³/mol. The molecule has 1 unspecified atom stereocenters. The summed E-state index contributed by atoms with van der Waals surface area (Å²) in [5.74, 6) is -0.150. The molecular weight excluding hydrogens is 265 g/mol. The lowest BCUT2D eigenvalue weighted by molar-refractivity contribution is -0.130. The highest BCUT2D eigenvalue weighted by Crippen LogP contribution is 2.25. The van der Waals surface area contributed by atoms with Gasteiger partial charge in [-0.05, 0) is 6.26 Å². The van der Waals surface area contributed by atoms with Crippen LogP contribution in [-0.4, -0.2) is 26.4 Å². The minimum Gasteiger partial charge on any atom is -0.274 e. The topological polar surface area (TPSA) is 37.4 Å². The molecule has 1 rings (SSSR count). The molecule has 5 heteroatoms. The molecule has 1 heterocycles. The van der Waals surface area contributed by atoms with Gasteiger partial charge < -0.3 is 0 Å². The molecule has 0 spiro atoms. The molecule has 1 fully saturated rings. The molecule has 1 aliphatic heterocycles. The van der Waals surface area contributed by atoms with Gasteiger partial charge in [0.15, 0.2) is 0 Å². The molecule has 3 nitrogen and oxygen atoms in total. The van der Waals surface area contributed by atoms with E-state index in [2.05, 4.69) is 0 Å². The Balaban J connectivity index is 2.71. The molecule has 10 heavy (non-hydrogen) atoms. The smallest absolute Gasteiger partial charge is 0.251 e. The fourth-order valence-corrected chi connectivity index (χ4v) is 2.10. The number of carbonyl (C=O) groups excluding carboxylic acids is 2. The van der Waals surface area contributed by atoms with Gasteiger partial charge in [-0.15, -0.1) is 0 Å². The second kappa shape index (κ2) is 3.08. The Morgan fingerprint density at radius 1 is 1.70 bits per heavy atom. The second-order valence-electron chi connectivity index (χ2n) is 1.94. The first-order valence-corrected chi connectivity index (χ1v) is 4.97. The molecule has 0 bridgehead atoms. The van der Waals surface area contributed by atoms with E-state index in [9.17, 15) is 9.59 Å². The first-order chi connectivity index (χ1) is 4.66. The number of hydrogen-bond donors (Lipinski definition) is 0. The van der Waals surface area contributed by atoms with E-state index in [0.29, 0.717) is 6.42 Å². The van der Waals surface area contributed by atoms with E-state index in [1.54, 1.807) is 22.9 Å². The highest BCUT2D eigenvalue weighted by molar-refractivity contribution is 14.1. The second-order valence-corrected chi connectivity index (χ2v) is 3.95. The van der Waals surface area contributed by atoms with Crippen molar-refractivity contribution in [1.82, 2.24) is 3.11 Å². The average Bonchev–Trinajstić information content (AvgIpc) is 2.17. The van der Waals surface area contributed by atoms with E-state index in [-0.39, 0.29) is 17.1 Å². The van der Waals surface area contributed by atoms with Gasteiger partial charge in [-0.2, -0.15) is 11.8 Å². The van der Waals surface area contributed by atoms with Gasteiger partial charge in [-0.25, -0.2) is 3.11 Å². The summed E-state index contributed by atoms with van der Waals surface area (Å²) in [4.78, 5) is 21.9.